The molecule has 1 heterocycles. The maximum absolute atomic E-state index is 12.1. The van der Waals surface area contributed by atoms with E-state index in [0.29, 0.717) is 6.54 Å². The largest absolute Gasteiger partial charge is 0.303 e. The first-order chi connectivity index (χ1) is 10.3. The number of benzene rings is 2. The minimum atomic E-state index is 0.0407. The third kappa shape index (κ3) is 3.08. The van der Waals surface area contributed by atoms with Crippen LogP contribution in [0.2, 0.25) is 0 Å². The summed E-state index contributed by atoms with van der Waals surface area (Å²) >= 11 is 2.31. The molecule has 1 amide bonds. The summed E-state index contributed by atoms with van der Waals surface area (Å²) in [6, 6.07) is 20.2. The molecule has 0 unspecified atom stereocenters. The Hall–Kier alpha value is -1.88. The number of nitrogens with zero attached hydrogens (tertiary/aromatic N) is 1. The van der Waals surface area contributed by atoms with E-state index in [4.69, 9.17) is 0 Å². The Bertz CT molecular complexity index is 705. The summed E-state index contributed by atoms with van der Waals surface area (Å²) in [7, 11) is 0. The van der Waals surface area contributed by atoms with Crippen LogP contribution in [-0.4, -0.2) is 10.8 Å². The van der Waals surface area contributed by atoms with Crippen LogP contribution in [0.3, 0.4) is 0 Å². The molecule has 104 valence electrons. The molecule has 3 heteroatoms. The van der Waals surface area contributed by atoms with Crippen molar-refractivity contribution in [3.05, 3.63) is 89.6 Å². The molecule has 0 radical (unpaired) electrons. The molecule has 3 rings (SSSR count). The van der Waals surface area contributed by atoms with Gasteiger partial charge in [-0.05, 0) is 39.8 Å². The lowest BCUT2D eigenvalue weighted by atomic mass is 10.1. The Kier molecular flexibility index (Phi) is 4.20. The highest BCUT2D eigenvalue weighted by Gasteiger charge is 2.23. The monoisotopic (exact) mass is 387 g/mol. The van der Waals surface area contributed by atoms with E-state index in [-0.39, 0.29) is 5.91 Å². The quantitative estimate of drug-likeness (QED) is 0.716. The molecule has 2 nitrogen and oxygen atoms in total. The van der Waals surface area contributed by atoms with Gasteiger partial charge in [-0.25, -0.2) is 0 Å². The minimum Gasteiger partial charge on any atom is -0.303 e. The van der Waals surface area contributed by atoms with E-state index in [1.54, 1.807) is 6.08 Å². The molecule has 0 aromatic heterocycles. The lowest BCUT2D eigenvalue weighted by Crippen LogP contribution is -2.23. The highest BCUT2D eigenvalue weighted by Crippen LogP contribution is 2.32. The molecule has 1 aliphatic rings. The van der Waals surface area contributed by atoms with Gasteiger partial charge >= 0.3 is 0 Å². The van der Waals surface area contributed by atoms with Crippen molar-refractivity contribution >= 4 is 32.1 Å². The van der Waals surface area contributed by atoms with E-state index in [1.165, 1.54) is 0 Å². The minimum absolute atomic E-state index is 0.0407. The van der Waals surface area contributed by atoms with Crippen LogP contribution < -0.4 is 0 Å². The van der Waals surface area contributed by atoms with Gasteiger partial charge in [0.05, 0.1) is 12.2 Å². The van der Waals surface area contributed by atoms with Gasteiger partial charge in [0.25, 0.3) is 5.91 Å². The van der Waals surface area contributed by atoms with Crippen LogP contribution in [0, 0.1) is 0 Å². The highest BCUT2D eigenvalue weighted by atomic mass is 127. The number of halogens is 1. The summed E-state index contributed by atoms with van der Waals surface area (Å²) in [4.78, 5) is 13.9. The van der Waals surface area contributed by atoms with Crippen molar-refractivity contribution in [2.75, 3.05) is 0 Å². The Morgan fingerprint density at radius 1 is 0.905 bits per heavy atom. The molecule has 2 aromatic rings. The second kappa shape index (κ2) is 6.26. The van der Waals surface area contributed by atoms with E-state index in [1.807, 2.05) is 59.5 Å². The van der Waals surface area contributed by atoms with Crippen LogP contribution in [0.25, 0.3) is 3.58 Å². The number of allylic oxidation sites excluding steroid dienone is 1. The Labute approximate surface area is 137 Å². The zero-order chi connectivity index (χ0) is 14.7. The standard InChI is InChI=1S/C18H14INO/c19-18(15-9-5-2-6-10-15)16-11-12-17(21)20(16)13-14-7-3-1-4-8-14/h1-12H,13H2/b18-16+. The summed E-state index contributed by atoms with van der Waals surface area (Å²) in [5, 5.41) is 0. The predicted octanol–water partition coefficient (Wildman–Crippen LogP) is 4.39. The van der Waals surface area contributed by atoms with E-state index >= 15 is 0 Å². The number of hydrogen-bond acceptors (Lipinski definition) is 1. The fourth-order valence-corrected chi connectivity index (χ4v) is 3.13. The van der Waals surface area contributed by atoms with Gasteiger partial charge in [0, 0.05) is 9.66 Å². The predicted molar refractivity (Wildman–Crippen MR) is 93.5 cm³/mol. The molecule has 0 spiro atoms. The molecular formula is C18H14INO. The molecule has 0 atom stereocenters. The fraction of sp³-hybridized carbons (Fsp3) is 0.0556. The van der Waals surface area contributed by atoms with Gasteiger partial charge in [0.2, 0.25) is 0 Å². The van der Waals surface area contributed by atoms with Crippen LogP contribution in [0.4, 0.5) is 0 Å². The maximum Gasteiger partial charge on any atom is 0.251 e. The molecule has 0 aliphatic carbocycles. The molecular weight excluding hydrogens is 373 g/mol. The first kappa shape index (κ1) is 14.1. The van der Waals surface area contributed by atoms with Crippen LogP contribution in [0.15, 0.2) is 78.5 Å². The van der Waals surface area contributed by atoms with Gasteiger partial charge in [-0.3, -0.25) is 4.79 Å². The molecule has 1 aliphatic heterocycles. The SMILES string of the molecule is O=C1C=C/C(=C(\I)c2ccccc2)N1Cc1ccccc1. The van der Waals surface area contributed by atoms with Crippen molar-refractivity contribution in [3.8, 4) is 0 Å². The second-order valence-electron chi connectivity index (χ2n) is 4.81. The van der Waals surface area contributed by atoms with Gasteiger partial charge in [-0.15, -0.1) is 0 Å². The summed E-state index contributed by atoms with van der Waals surface area (Å²) in [6.07, 6.45) is 3.54. The van der Waals surface area contributed by atoms with Crippen molar-refractivity contribution in [1.29, 1.82) is 0 Å². The van der Waals surface area contributed by atoms with Crippen molar-refractivity contribution in [3.63, 3.8) is 0 Å². The van der Waals surface area contributed by atoms with E-state index in [9.17, 15) is 4.79 Å². The molecule has 0 N–H and O–H groups in total. The number of carbonyl (C=O) groups excluding carboxylic acids is 1. The number of hydrogen-bond donors (Lipinski definition) is 0. The van der Waals surface area contributed by atoms with Crippen LogP contribution in [0.5, 0.6) is 0 Å². The number of rotatable bonds is 3. The van der Waals surface area contributed by atoms with E-state index in [0.717, 1.165) is 20.4 Å². The van der Waals surface area contributed by atoms with E-state index < -0.39 is 0 Å². The number of carbonyl (C=O) groups is 1. The maximum atomic E-state index is 12.1. The van der Waals surface area contributed by atoms with Crippen LogP contribution >= 0.6 is 22.6 Å². The highest BCUT2D eigenvalue weighted by molar-refractivity contribution is 14.1. The lowest BCUT2D eigenvalue weighted by molar-refractivity contribution is -0.123. The van der Waals surface area contributed by atoms with Gasteiger partial charge in [0.15, 0.2) is 0 Å². The lowest BCUT2D eigenvalue weighted by Gasteiger charge is -2.20. The zero-order valence-electron chi connectivity index (χ0n) is 11.4. The molecule has 0 bridgehead atoms. The number of amides is 1. The molecule has 21 heavy (non-hydrogen) atoms. The Morgan fingerprint density at radius 2 is 1.52 bits per heavy atom. The summed E-state index contributed by atoms with van der Waals surface area (Å²) in [5.74, 6) is 0.0407. The summed E-state index contributed by atoms with van der Waals surface area (Å²) in [5.41, 5.74) is 3.23. The second-order valence-corrected chi connectivity index (χ2v) is 5.89. The molecule has 2 aromatic carbocycles. The Morgan fingerprint density at radius 3 is 2.19 bits per heavy atom. The van der Waals surface area contributed by atoms with Gasteiger partial charge in [0.1, 0.15) is 0 Å². The van der Waals surface area contributed by atoms with Gasteiger partial charge < -0.3 is 4.90 Å². The average Bonchev–Trinajstić information content (AvgIpc) is 2.90. The molecule has 0 saturated carbocycles. The first-order valence-corrected chi connectivity index (χ1v) is 7.82. The third-order valence-electron chi connectivity index (χ3n) is 3.38. The fourth-order valence-electron chi connectivity index (χ4n) is 2.30. The summed E-state index contributed by atoms with van der Waals surface area (Å²) in [6.45, 7) is 0.599. The van der Waals surface area contributed by atoms with Crippen molar-refractivity contribution in [2.45, 2.75) is 6.54 Å². The third-order valence-corrected chi connectivity index (χ3v) is 4.55. The average molecular weight is 387 g/mol. The molecule has 0 saturated heterocycles. The van der Waals surface area contributed by atoms with Crippen LogP contribution in [-0.2, 0) is 11.3 Å². The Balaban J connectivity index is 1.94. The van der Waals surface area contributed by atoms with Crippen molar-refractivity contribution in [2.24, 2.45) is 0 Å². The smallest absolute Gasteiger partial charge is 0.251 e. The van der Waals surface area contributed by atoms with Crippen molar-refractivity contribution < 1.29 is 4.79 Å². The van der Waals surface area contributed by atoms with Crippen LogP contribution in [0.1, 0.15) is 11.1 Å². The summed E-state index contributed by atoms with van der Waals surface area (Å²) < 4.78 is 1.09. The first-order valence-electron chi connectivity index (χ1n) is 6.74. The molecule has 0 fully saturated rings. The normalized spacial score (nSPS) is 16.4. The van der Waals surface area contributed by atoms with E-state index in [2.05, 4.69) is 34.7 Å². The van der Waals surface area contributed by atoms with Crippen molar-refractivity contribution in [1.82, 2.24) is 4.90 Å². The van der Waals surface area contributed by atoms with Gasteiger partial charge in [-0.1, -0.05) is 60.7 Å². The topological polar surface area (TPSA) is 20.3 Å². The van der Waals surface area contributed by atoms with Gasteiger partial charge in [-0.2, -0.15) is 0 Å². The zero-order valence-corrected chi connectivity index (χ0v) is 13.5.